The van der Waals surface area contributed by atoms with Gasteiger partial charge in [0.15, 0.2) is 0 Å². The predicted octanol–water partition coefficient (Wildman–Crippen LogP) is 2.33. The molecule has 0 atom stereocenters. The Labute approximate surface area is 116 Å². The van der Waals surface area contributed by atoms with Crippen LogP contribution in [0.4, 0.5) is 5.82 Å². The van der Waals surface area contributed by atoms with Gasteiger partial charge in [-0.3, -0.25) is 0 Å². The molecule has 19 heavy (non-hydrogen) atoms. The summed E-state index contributed by atoms with van der Waals surface area (Å²) in [6.07, 6.45) is 2.34. The first-order valence-corrected chi connectivity index (χ1v) is 7.05. The Morgan fingerprint density at radius 2 is 1.95 bits per heavy atom. The van der Waals surface area contributed by atoms with Crippen LogP contribution in [0.1, 0.15) is 32.5 Å². The van der Waals surface area contributed by atoms with E-state index in [1.54, 1.807) is 7.11 Å². The summed E-state index contributed by atoms with van der Waals surface area (Å²) in [5.74, 6) is 2.18. The van der Waals surface area contributed by atoms with Gasteiger partial charge in [0.1, 0.15) is 11.6 Å². The normalized spacial score (nSPS) is 10.8. The zero-order valence-electron chi connectivity index (χ0n) is 12.6. The van der Waals surface area contributed by atoms with Gasteiger partial charge >= 0.3 is 0 Å². The van der Waals surface area contributed by atoms with E-state index in [1.165, 1.54) is 13.0 Å². The molecule has 1 aromatic rings. The molecule has 0 aliphatic carbocycles. The molecule has 0 unspecified atom stereocenters. The van der Waals surface area contributed by atoms with Crippen LogP contribution in [-0.2, 0) is 0 Å². The third kappa shape index (κ3) is 5.87. The highest BCUT2D eigenvalue weighted by Gasteiger charge is 2.02. The largest absolute Gasteiger partial charge is 0.481 e. The molecule has 0 radical (unpaired) electrons. The lowest BCUT2D eigenvalue weighted by Crippen LogP contribution is -2.24. The van der Waals surface area contributed by atoms with E-state index in [1.807, 2.05) is 13.0 Å². The minimum atomic E-state index is 0.609. The van der Waals surface area contributed by atoms with Crippen molar-refractivity contribution in [3.63, 3.8) is 0 Å². The van der Waals surface area contributed by atoms with Gasteiger partial charge in [0.25, 0.3) is 0 Å². The second-order valence-corrected chi connectivity index (χ2v) is 4.50. The lowest BCUT2D eigenvalue weighted by Gasteiger charge is -2.17. The molecule has 5 heteroatoms. The molecular weight excluding hydrogens is 240 g/mol. The average Bonchev–Trinajstić information content (AvgIpc) is 2.42. The smallest absolute Gasteiger partial charge is 0.218 e. The molecule has 0 fully saturated rings. The molecular formula is C14H26N4O. The first-order valence-electron chi connectivity index (χ1n) is 7.05. The number of aryl methyl sites for hydroxylation is 1. The van der Waals surface area contributed by atoms with Crippen molar-refractivity contribution < 1.29 is 4.74 Å². The van der Waals surface area contributed by atoms with E-state index in [4.69, 9.17) is 4.74 Å². The lowest BCUT2D eigenvalue weighted by molar-refractivity contribution is 0.298. The third-order valence-electron chi connectivity index (χ3n) is 3.13. The van der Waals surface area contributed by atoms with E-state index in [0.29, 0.717) is 5.88 Å². The Morgan fingerprint density at radius 1 is 1.21 bits per heavy atom. The van der Waals surface area contributed by atoms with E-state index in [9.17, 15) is 0 Å². The molecule has 0 aliphatic heterocycles. The summed E-state index contributed by atoms with van der Waals surface area (Å²) in [5, 5.41) is 3.32. The zero-order chi connectivity index (χ0) is 14.1. The van der Waals surface area contributed by atoms with Crippen LogP contribution in [0.2, 0.25) is 0 Å². The molecule has 0 aromatic carbocycles. The van der Waals surface area contributed by atoms with Crippen LogP contribution in [-0.4, -0.2) is 48.2 Å². The summed E-state index contributed by atoms with van der Waals surface area (Å²) in [7, 11) is 1.62. The summed E-state index contributed by atoms with van der Waals surface area (Å²) in [6.45, 7) is 10.6. The van der Waals surface area contributed by atoms with Crippen LogP contribution < -0.4 is 10.1 Å². The quantitative estimate of drug-likeness (QED) is 0.695. The molecule has 1 rings (SSSR count). The molecule has 0 saturated heterocycles. The van der Waals surface area contributed by atoms with Crippen molar-refractivity contribution in [2.24, 2.45) is 0 Å². The second-order valence-electron chi connectivity index (χ2n) is 4.50. The SMILES string of the molecule is CCN(CC)CCCCNc1cc(OC)nc(C)n1. The Hall–Kier alpha value is -1.36. The number of methoxy groups -OCH3 is 1. The summed E-state index contributed by atoms with van der Waals surface area (Å²) in [6, 6.07) is 1.83. The van der Waals surface area contributed by atoms with E-state index < -0.39 is 0 Å². The van der Waals surface area contributed by atoms with Gasteiger partial charge in [-0.05, 0) is 39.4 Å². The van der Waals surface area contributed by atoms with Crippen LogP contribution >= 0.6 is 0 Å². The molecule has 108 valence electrons. The van der Waals surface area contributed by atoms with E-state index in [0.717, 1.165) is 37.7 Å². The van der Waals surface area contributed by atoms with Crippen molar-refractivity contribution in [2.45, 2.75) is 33.6 Å². The molecule has 1 aromatic heterocycles. The van der Waals surface area contributed by atoms with Crippen LogP contribution in [0.5, 0.6) is 5.88 Å². The highest BCUT2D eigenvalue weighted by atomic mass is 16.5. The van der Waals surface area contributed by atoms with Crippen molar-refractivity contribution in [2.75, 3.05) is 38.6 Å². The summed E-state index contributed by atoms with van der Waals surface area (Å²) in [4.78, 5) is 10.9. The summed E-state index contributed by atoms with van der Waals surface area (Å²) in [5.41, 5.74) is 0. The maximum atomic E-state index is 5.13. The molecule has 1 N–H and O–H groups in total. The highest BCUT2D eigenvalue weighted by molar-refractivity contribution is 5.38. The topological polar surface area (TPSA) is 50.3 Å². The molecule has 0 bridgehead atoms. The summed E-state index contributed by atoms with van der Waals surface area (Å²) < 4.78 is 5.13. The number of hydrogen-bond acceptors (Lipinski definition) is 5. The van der Waals surface area contributed by atoms with Gasteiger partial charge in [0.2, 0.25) is 5.88 Å². The first kappa shape index (κ1) is 15.7. The number of unbranched alkanes of at least 4 members (excludes halogenated alkanes) is 1. The third-order valence-corrected chi connectivity index (χ3v) is 3.13. The Bertz CT molecular complexity index is 366. The number of nitrogens with one attached hydrogen (secondary N) is 1. The van der Waals surface area contributed by atoms with E-state index >= 15 is 0 Å². The van der Waals surface area contributed by atoms with Crippen molar-refractivity contribution in [1.82, 2.24) is 14.9 Å². The van der Waals surface area contributed by atoms with Gasteiger partial charge in [-0.2, -0.15) is 4.98 Å². The van der Waals surface area contributed by atoms with Crippen molar-refractivity contribution in [3.05, 3.63) is 11.9 Å². The number of rotatable bonds is 9. The van der Waals surface area contributed by atoms with Crippen LogP contribution in [0.3, 0.4) is 0 Å². The van der Waals surface area contributed by atoms with Gasteiger partial charge in [0.05, 0.1) is 7.11 Å². The zero-order valence-corrected chi connectivity index (χ0v) is 12.6. The minimum Gasteiger partial charge on any atom is -0.481 e. The van der Waals surface area contributed by atoms with Crippen LogP contribution in [0.15, 0.2) is 6.07 Å². The fraction of sp³-hybridized carbons (Fsp3) is 0.714. The molecule has 5 nitrogen and oxygen atoms in total. The fourth-order valence-corrected chi connectivity index (χ4v) is 1.95. The lowest BCUT2D eigenvalue weighted by atomic mass is 10.3. The second kappa shape index (κ2) is 8.69. The van der Waals surface area contributed by atoms with Gasteiger partial charge in [-0.25, -0.2) is 4.98 Å². The molecule has 1 heterocycles. The average molecular weight is 266 g/mol. The number of ether oxygens (including phenoxy) is 1. The van der Waals surface area contributed by atoms with Crippen molar-refractivity contribution >= 4 is 5.82 Å². The van der Waals surface area contributed by atoms with Gasteiger partial charge < -0.3 is 15.0 Å². The standard InChI is InChI=1S/C14H26N4O/c1-5-18(6-2)10-8-7-9-15-13-11-14(19-4)17-12(3)16-13/h11H,5-10H2,1-4H3,(H,15,16,17). The van der Waals surface area contributed by atoms with E-state index in [2.05, 4.69) is 34.0 Å². The van der Waals surface area contributed by atoms with Crippen molar-refractivity contribution in [3.8, 4) is 5.88 Å². The van der Waals surface area contributed by atoms with E-state index in [-0.39, 0.29) is 0 Å². The van der Waals surface area contributed by atoms with Crippen LogP contribution in [0.25, 0.3) is 0 Å². The Kier molecular flexibility index (Phi) is 7.18. The van der Waals surface area contributed by atoms with Crippen molar-refractivity contribution in [1.29, 1.82) is 0 Å². The molecule has 0 aliphatic rings. The number of anilines is 1. The molecule has 0 amide bonds. The maximum absolute atomic E-state index is 5.13. The highest BCUT2D eigenvalue weighted by Crippen LogP contribution is 2.12. The minimum absolute atomic E-state index is 0.609. The molecule has 0 saturated carbocycles. The number of nitrogens with zero attached hydrogens (tertiary/aromatic N) is 3. The van der Waals surface area contributed by atoms with Crippen LogP contribution in [0, 0.1) is 6.92 Å². The Balaban J connectivity index is 2.27. The maximum Gasteiger partial charge on any atom is 0.218 e. The van der Waals surface area contributed by atoms with Gasteiger partial charge in [0, 0.05) is 12.6 Å². The number of hydrogen-bond donors (Lipinski definition) is 1. The Morgan fingerprint density at radius 3 is 2.58 bits per heavy atom. The summed E-state index contributed by atoms with van der Waals surface area (Å²) >= 11 is 0. The van der Waals surface area contributed by atoms with Gasteiger partial charge in [-0.1, -0.05) is 13.8 Å². The number of aromatic nitrogens is 2. The fourth-order valence-electron chi connectivity index (χ4n) is 1.95. The monoisotopic (exact) mass is 266 g/mol. The predicted molar refractivity (Wildman–Crippen MR) is 78.8 cm³/mol. The molecule has 0 spiro atoms. The van der Waals surface area contributed by atoms with Gasteiger partial charge in [-0.15, -0.1) is 0 Å². The first-order chi connectivity index (χ1) is 9.19.